The summed E-state index contributed by atoms with van der Waals surface area (Å²) in [6.07, 6.45) is 0. The van der Waals surface area contributed by atoms with E-state index in [9.17, 15) is 18.6 Å². The van der Waals surface area contributed by atoms with Crippen LogP contribution in [0.15, 0.2) is 71.6 Å². The summed E-state index contributed by atoms with van der Waals surface area (Å²) in [5.74, 6) is -0.828. The molecule has 1 heterocycles. The molecular formula is C20H17NO4S. The summed E-state index contributed by atoms with van der Waals surface area (Å²) in [4.78, 5) is -0.0752. The first kappa shape index (κ1) is 16.5. The van der Waals surface area contributed by atoms with Gasteiger partial charge in [-0.3, -0.25) is 4.31 Å². The summed E-state index contributed by atoms with van der Waals surface area (Å²) < 4.78 is 28.1. The number of hydrogen-bond donors (Lipinski definition) is 2. The van der Waals surface area contributed by atoms with Crippen molar-refractivity contribution in [1.82, 2.24) is 0 Å². The second kappa shape index (κ2) is 5.78. The third-order valence-corrected chi connectivity index (χ3v) is 6.58. The van der Waals surface area contributed by atoms with E-state index in [1.807, 2.05) is 43.3 Å². The van der Waals surface area contributed by atoms with E-state index in [4.69, 9.17) is 0 Å². The van der Waals surface area contributed by atoms with E-state index >= 15 is 0 Å². The summed E-state index contributed by atoms with van der Waals surface area (Å²) in [6, 6.07) is 18.2. The first-order valence-electron chi connectivity index (χ1n) is 8.16. The highest BCUT2D eigenvalue weighted by Gasteiger charge is 2.36. The van der Waals surface area contributed by atoms with Crippen LogP contribution in [0.25, 0.3) is 11.1 Å². The smallest absolute Gasteiger partial charge is 0.265 e. The predicted octanol–water partition coefficient (Wildman–Crippen LogP) is 4.03. The van der Waals surface area contributed by atoms with Gasteiger partial charge < -0.3 is 10.2 Å². The highest BCUT2D eigenvalue weighted by atomic mass is 32.2. The van der Waals surface area contributed by atoms with Crippen molar-refractivity contribution >= 4 is 15.7 Å². The summed E-state index contributed by atoms with van der Waals surface area (Å²) in [5, 5.41) is 19.2. The normalized spacial score (nSPS) is 16.0. The molecule has 0 bridgehead atoms. The van der Waals surface area contributed by atoms with Gasteiger partial charge >= 0.3 is 0 Å². The van der Waals surface area contributed by atoms with E-state index in [-0.39, 0.29) is 10.6 Å². The summed E-state index contributed by atoms with van der Waals surface area (Å²) in [6.45, 7) is 1.84. The molecule has 2 N–H and O–H groups in total. The Balaban J connectivity index is 1.95. The van der Waals surface area contributed by atoms with Gasteiger partial charge in [-0.05, 0) is 36.2 Å². The number of fused-ring (bicyclic) bond motifs is 3. The van der Waals surface area contributed by atoms with Gasteiger partial charge in [0.25, 0.3) is 10.0 Å². The second-order valence-electron chi connectivity index (χ2n) is 6.23. The molecule has 0 radical (unpaired) electrons. The van der Waals surface area contributed by atoms with E-state index in [2.05, 4.69) is 0 Å². The maximum Gasteiger partial charge on any atom is 0.265 e. The largest absolute Gasteiger partial charge is 0.504 e. The number of rotatable bonds is 2. The Morgan fingerprint density at radius 3 is 2.23 bits per heavy atom. The third kappa shape index (κ3) is 2.34. The molecule has 3 aromatic rings. The van der Waals surface area contributed by atoms with Crippen LogP contribution in [0.1, 0.15) is 18.5 Å². The minimum atomic E-state index is -3.94. The van der Waals surface area contributed by atoms with E-state index < -0.39 is 21.8 Å². The molecule has 0 saturated heterocycles. The molecule has 0 fully saturated rings. The average Bonchev–Trinajstić information content (AvgIpc) is 2.64. The molecule has 3 aromatic carbocycles. The van der Waals surface area contributed by atoms with Crippen molar-refractivity contribution in [3.05, 3.63) is 72.3 Å². The Kier molecular flexibility index (Phi) is 3.66. The number of nitrogens with zero attached hydrogens (tertiary/aromatic N) is 1. The summed E-state index contributed by atoms with van der Waals surface area (Å²) in [5.41, 5.74) is 3.35. The highest BCUT2D eigenvalue weighted by Crippen LogP contribution is 2.47. The van der Waals surface area contributed by atoms with Gasteiger partial charge in [0.05, 0.1) is 16.6 Å². The molecule has 0 aromatic heterocycles. The van der Waals surface area contributed by atoms with Crippen LogP contribution < -0.4 is 4.31 Å². The maximum atomic E-state index is 13.4. The van der Waals surface area contributed by atoms with Crippen molar-refractivity contribution < 1.29 is 18.6 Å². The number of anilines is 1. The monoisotopic (exact) mass is 367 g/mol. The molecule has 0 amide bonds. The van der Waals surface area contributed by atoms with Crippen LogP contribution in [0.3, 0.4) is 0 Å². The fourth-order valence-corrected chi connectivity index (χ4v) is 5.13. The number of aromatic hydroxyl groups is 2. The maximum absolute atomic E-state index is 13.4. The number of sulfonamides is 1. The Morgan fingerprint density at radius 1 is 0.846 bits per heavy atom. The van der Waals surface area contributed by atoms with Gasteiger partial charge in [0.15, 0.2) is 11.5 Å². The zero-order chi connectivity index (χ0) is 18.5. The van der Waals surface area contributed by atoms with Crippen LogP contribution in [0, 0.1) is 0 Å². The van der Waals surface area contributed by atoms with Crippen molar-refractivity contribution in [2.75, 3.05) is 4.31 Å². The zero-order valence-electron chi connectivity index (χ0n) is 14.0. The van der Waals surface area contributed by atoms with Crippen LogP contribution in [0.5, 0.6) is 11.5 Å². The number of phenolic OH excluding ortho intramolecular Hbond substituents is 2. The van der Waals surface area contributed by atoms with Crippen molar-refractivity contribution in [3.63, 3.8) is 0 Å². The van der Waals surface area contributed by atoms with Crippen molar-refractivity contribution in [2.45, 2.75) is 17.9 Å². The van der Waals surface area contributed by atoms with Gasteiger partial charge in [-0.2, -0.15) is 0 Å². The minimum absolute atomic E-state index is 0.0752. The molecule has 0 aliphatic carbocycles. The number of hydrogen-bond acceptors (Lipinski definition) is 4. The van der Waals surface area contributed by atoms with Gasteiger partial charge in [0.1, 0.15) is 0 Å². The topological polar surface area (TPSA) is 77.8 Å². The molecular weight excluding hydrogens is 350 g/mol. The third-order valence-electron chi connectivity index (χ3n) is 4.70. The molecule has 6 heteroatoms. The van der Waals surface area contributed by atoms with Crippen LogP contribution in [-0.4, -0.2) is 18.6 Å². The highest BCUT2D eigenvalue weighted by molar-refractivity contribution is 7.92. The van der Waals surface area contributed by atoms with Gasteiger partial charge in [0, 0.05) is 11.6 Å². The van der Waals surface area contributed by atoms with E-state index in [1.165, 1.54) is 16.4 Å². The standard InChI is InChI=1S/C20H17NO4S/c1-13-15-6-2-3-7-16(15)17-8-4-5-9-18(17)21(13)26(24,25)14-10-11-19(22)20(23)12-14/h2-13,22-23H,1H3. The molecule has 1 aliphatic rings. The predicted molar refractivity (Wildman–Crippen MR) is 99.7 cm³/mol. The van der Waals surface area contributed by atoms with Crippen molar-refractivity contribution in [2.24, 2.45) is 0 Å². The summed E-state index contributed by atoms with van der Waals surface area (Å²) in [7, 11) is -3.94. The lowest BCUT2D eigenvalue weighted by atomic mass is 9.90. The lowest BCUT2D eigenvalue weighted by Gasteiger charge is -2.37. The fourth-order valence-electron chi connectivity index (χ4n) is 3.45. The van der Waals surface area contributed by atoms with Gasteiger partial charge in [-0.25, -0.2) is 8.42 Å². The lowest BCUT2D eigenvalue weighted by Crippen LogP contribution is -2.36. The number of benzene rings is 3. The number of para-hydroxylation sites is 1. The van der Waals surface area contributed by atoms with Crippen LogP contribution in [0.4, 0.5) is 5.69 Å². The zero-order valence-corrected chi connectivity index (χ0v) is 14.8. The molecule has 1 unspecified atom stereocenters. The molecule has 5 nitrogen and oxygen atoms in total. The van der Waals surface area contributed by atoms with Gasteiger partial charge in [-0.1, -0.05) is 42.5 Å². The second-order valence-corrected chi connectivity index (χ2v) is 8.05. The van der Waals surface area contributed by atoms with Crippen LogP contribution in [-0.2, 0) is 10.0 Å². The Labute approximate surface area is 151 Å². The quantitative estimate of drug-likeness (QED) is 0.670. The molecule has 132 valence electrons. The van der Waals surface area contributed by atoms with Gasteiger partial charge in [-0.15, -0.1) is 0 Å². The van der Waals surface area contributed by atoms with Gasteiger partial charge in [0.2, 0.25) is 0 Å². The average molecular weight is 367 g/mol. The Hall–Kier alpha value is -2.99. The first-order valence-corrected chi connectivity index (χ1v) is 9.60. The molecule has 0 saturated carbocycles. The van der Waals surface area contributed by atoms with Crippen LogP contribution in [0.2, 0.25) is 0 Å². The first-order chi connectivity index (χ1) is 12.4. The van der Waals surface area contributed by atoms with Crippen molar-refractivity contribution in [1.29, 1.82) is 0 Å². The molecule has 26 heavy (non-hydrogen) atoms. The SMILES string of the molecule is CC1c2ccccc2-c2ccccc2N1S(=O)(=O)c1ccc(O)c(O)c1. The molecule has 1 aliphatic heterocycles. The lowest BCUT2D eigenvalue weighted by molar-refractivity contribution is 0.402. The minimum Gasteiger partial charge on any atom is -0.504 e. The van der Waals surface area contributed by atoms with Crippen LogP contribution >= 0.6 is 0 Å². The molecule has 4 rings (SSSR count). The summed E-state index contributed by atoms with van der Waals surface area (Å²) >= 11 is 0. The molecule has 1 atom stereocenters. The van der Waals surface area contributed by atoms with E-state index in [0.717, 1.165) is 22.8 Å². The van der Waals surface area contributed by atoms with E-state index in [1.54, 1.807) is 12.1 Å². The Bertz CT molecular complexity index is 1110. The Morgan fingerprint density at radius 2 is 1.50 bits per heavy atom. The number of phenols is 2. The molecule has 0 spiro atoms. The fraction of sp³-hybridized carbons (Fsp3) is 0.100. The van der Waals surface area contributed by atoms with Crippen molar-refractivity contribution in [3.8, 4) is 22.6 Å². The van der Waals surface area contributed by atoms with E-state index in [0.29, 0.717) is 5.69 Å².